The summed E-state index contributed by atoms with van der Waals surface area (Å²) in [7, 11) is -3.43. The van der Waals surface area contributed by atoms with Crippen LogP contribution in [0.5, 0.6) is 0 Å². The maximum absolute atomic E-state index is 12.1. The first-order valence-corrected chi connectivity index (χ1v) is 9.75. The Morgan fingerprint density at radius 3 is 2.41 bits per heavy atom. The van der Waals surface area contributed by atoms with Crippen molar-refractivity contribution in [1.82, 2.24) is 5.32 Å². The van der Waals surface area contributed by atoms with Gasteiger partial charge in [-0.15, -0.1) is 0 Å². The predicted octanol–water partition coefficient (Wildman–Crippen LogP) is 3.20. The van der Waals surface area contributed by atoms with Crippen molar-refractivity contribution in [2.45, 2.75) is 43.4 Å². The number of carbonyl (C=O) groups excluding carboxylic acids is 1. The standard InChI is InChI=1S/C16H22ClNO3S/c17-14-6-8-15(9-7-14)22(20,21)11-10-16(19)18-12-13-4-2-1-3-5-13/h6-9,13H,1-5,10-12H2,(H,18,19). The molecule has 122 valence electrons. The Kier molecular flexibility index (Phi) is 6.26. The monoisotopic (exact) mass is 343 g/mol. The van der Waals surface area contributed by atoms with Crippen molar-refractivity contribution in [2.24, 2.45) is 5.92 Å². The SMILES string of the molecule is O=C(CCS(=O)(=O)c1ccc(Cl)cc1)NCC1CCCCC1. The molecule has 1 aliphatic carbocycles. The van der Waals surface area contributed by atoms with Gasteiger partial charge in [0.15, 0.2) is 9.84 Å². The van der Waals surface area contributed by atoms with E-state index in [2.05, 4.69) is 5.32 Å². The van der Waals surface area contributed by atoms with Crippen LogP contribution in [0.25, 0.3) is 0 Å². The van der Waals surface area contributed by atoms with E-state index in [0.29, 0.717) is 17.5 Å². The van der Waals surface area contributed by atoms with Crippen LogP contribution in [0.15, 0.2) is 29.2 Å². The average molecular weight is 344 g/mol. The third-order valence-corrected chi connectivity index (χ3v) is 6.07. The first-order chi connectivity index (χ1) is 10.5. The van der Waals surface area contributed by atoms with Gasteiger partial charge in [0.2, 0.25) is 5.91 Å². The maximum atomic E-state index is 12.1. The highest BCUT2D eigenvalue weighted by molar-refractivity contribution is 7.91. The van der Waals surface area contributed by atoms with Crippen LogP contribution in [0.2, 0.25) is 5.02 Å². The molecule has 1 aromatic rings. The van der Waals surface area contributed by atoms with Gasteiger partial charge in [-0.05, 0) is 43.0 Å². The van der Waals surface area contributed by atoms with Crippen LogP contribution in [0.3, 0.4) is 0 Å². The van der Waals surface area contributed by atoms with Crippen LogP contribution in [-0.2, 0) is 14.6 Å². The molecule has 2 rings (SSSR count). The third-order valence-electron chi connectivity index (χ3n) is 4.08. The lowest BCUT2D eigenvalue weighted by atomic mass is 9.89. The summed E-state index contributed by atoms with van der Waals surface area (Å²) in [6.07, 6.45) is 6.05. The minimum Gasteiger partial charge on any atom is -0.356 e. The number of carbonyl (C=O) groups is 1. The van der Waals surface area contributed by atoms with Crippen LogP contribution >= 0.6 is 11.6 Å². The maximum Gasteiger partial charge on any atom is 0.221 e. The van der Waals surface area contributed by atoms with E-state index >= 15 is 0 Å². The molecule has 6 heteroatoms. The van der Waals surface area contributed by atoms with Gasteiger partial charge in [0.1, 0.15) is 0 Å². The van der Waals surface area contributed by atoms with Crippen molar-refractivity contribution < 1.29 is 13.2 Å². The van der Waals surface area contributed by atoms with Gasteiger partial charge in [0, 0.05) is 18.0 Å². The zero-order valence-corrected chi connectivity index (χ0v) is 14.1. The van der Waals surface area contributed by atoms with E-state index in [1.54, 1.807) is 0 Å². The molecule has 0 spiro atoms. The first-order valence-electron chi connectivity index (χ1n) is 7.72. The molecule has 0 saturated heterocycles. The summed E-state index contributed by atoms with van der Waals surface area (Å²) in [4.78, 5) is 12.0. The van der Waals surface area contributed by atoms with Crippen molar-refractivity contribution >= 4 is 27.3 Å². The Morgan fingerprint density at radius 1 is 1.14 bits per heavy atom. The van der Waals surface area contributed by atoms with Gasteiger partial charge in [-0.1, -0.05) is 30.9 Å². The fourth-order valence-corrected chi connectivity index (χ4v) is 4.09. The lowest BCUT2D eigenvalue weighted by Gasteiger charge is -2.21. The molecule has 0 atom stereocenters. The molecular weight excluding hydrogens is 322 g/mol. The van der Waals surface area contributed by atoms with Crippen molar-refractivity contribution in [2.75, 3.05) is 12.3 Å². The molecule has 22 heavy (non-hydrogen) atoms. The van der Waals surface area contributed by atoms with E-state index in [9.17, 15) is 13.2 Å². The van der Waals surface area contributed by atoms with E-state index in [4.69, 9.17) is 11.6 Å². The number of halogens is 1. The molecule has 0 heterocycles. The molecule has 0 bridgehead atoms. The van der Waals surface area contributed by atoms with Crippen molar-refractivity contribution in [3.05, 3.63) is 29.3 Å². The molecule has 1 aromatic carbocycles. The van der Waals surface area contributed by atoms with Gasteiger partial charge >= 0.3 is 0 Å². The highest BCUT2D eigenvalue weighted by Gasteiger charge is 2.18. The van der Waals surface area contributed by atoms with Gasteiger partial charge in [-0.3, -0.25) is 4.79 Å². The highest BCUT2D eigenvalue weighted by atomic mass is 35.5. The molecule has 0 aromatic heterocycles. The van der Waals surface area contributed by atoms with Gasteiger partial charge in [0.05, 0.1) is 10.6 Å². The van der Waals surface area contributed by atoms with Crippen LogP contribution in [-0.4, -0.2) is 26.6 Å². The molecule has 1 N–H and O–H groups in total. The number of benzene rings is 1. The number of rotatable bonds is 6. The fourth-order valence-electron chi connectivity index (χ4n) is 2.72. The lowest BCUT2D eigenvalue weighted by molar-refractivity contribution is -0.120. The molecule has 4 nitrogen and oxygen atoms in total. The number of hydrogen-bond acceptors (Lipinski definition) is 3. The Labute approximate surface area is 137 Å². The molecule has 1 amide bonds. The third kappa shape index (κ3) is 5.29. The normalized spacial score (nSPS) is 16.4. The summed E-state index contributed by atoms with van der Waals surface area (Å²) in [5.41, 5.74) is 0. The molecular formula is C16H22ClNO3S. The smallest absolute Gasteiger partial charge is 0.221 e. The lowest BCUT2D eigenvalue weighted by Crippen LogP contribution is -2.31. The van der Waals surface area contributed by atoms with E-state index in [1.165, 1.54) is 43.5 Å². The fraction of sp³-hybridized carbons (Fsp3) is 0.562. The molecule has 1 aliphatic rings. The van der Waals surface area contributed by atoms with Crippen LogP contribution in [0.4, 0.5) is 0 Å². The minimum absolute atomic E-state index is 0.00230. The number of nitrogens with one attached hydrogen (secondary N) is 1. The summed E-state index contributed by atoms with van der Waals surface area (Å²) < 4.78 is 24.3. The summed E-state index contributed by atoms with van der Waals surface area (Å²) in [6, 6.07) is 6.02. The molecule has 0 aliphatic heterocycles. The molecule has 1 fully saturated rings. The quantitative estimate of drug-likeness (QED) is 0.862. The van der Waals surface area contributed by atoms with E-state index in [0.717, 1.165) is 12.8 Å². The Balaban J connectivity index is 1.78. The molecule has 0 unspecified atom stereocenters. The van der Waals surface area contributed by atoms with Crippen LogP contribution in [0.1, 0.15) is 38.5 Å². The summed E-state index contributed by atoms with van der Waals surface area (Å²) in [6.45, 7) is 0.666. The predicted molar refractivity (Wildman–Crippen MR) is 87.7 cm³/mol. The minimum atomic E-state index is -3.43. The Morgan fingerprint density at radius 2 is 1.77 bits per heavy atom. The summed E-state index contributed by atoms with van der Waals surface area (Å²) in [5, 5.41) is 3.35. The Hall–Kier alpha value is -1.07. The second-order valence-corrected chi connectivity index (χ2v) is 8.38. The largest absolute Gasteiger partial charge is 0.356 e. The highest BCUT2D eigenvalue weighted by Crippen LogP contribution is 2.22. The summed E-state index contributed by atoms with van der Waals surface area (Å²) in [5.74, 6) is 0.180. The van der Waals surface area contributed by atoms with Crippen LogP contribution < -0.4 is 5.32 Å². The molecule has 0 radical (unpaired) electrons. The number of hydrogen-bond donors (Lipinski definition) is 1. The second-order valence-electron chi connectivity index (χ2n) is 5.83. The van der Waals surface area contributed by atoms with Gasteiger partial charge in [-0.25, -0.2) is 8.42 Å². The zero-order valence-electron chi connectivity index (χ0n) is 12.6. The Bertz CT molecular complexity index is 592. The van der Waals surface area contributed by atoms with Gasteiger partial charge in [0.25, 0.3) is 0 Å². The second kappa shape index (κ2) is 7.97. The van der Waals surface area contributed by atoms with Gasteiger partial charge in [-0.2, -0.15) is 0 Å². The zero-order chi connectivity index (χ0) is 16.0. The number of amides is 1. The number of sulfone groups is 1. The molecule has 1 saturated carbocycles. The summed E-state index contributed by atoms with van der Waals surface area (Å²) >= 11 is 5.75. The van der Waals surface area contributed by atoms with E-state index in [-0.39, 0.29) is 23.0 Å². The van der Waals surface area contributed by atoms with Crippen molar-refractivity contribution in [3.8, 4) is 0 Å². The van der Waals surface area contributed by atoms with Crippen molar-refractivity contribution in [1.29, 1.82) is 0 Å². The first kappa shape index (κ1) is 17.3. The average Bonchev–Trinajstić information content (AvgIpc) is 2.52. The van der Waals surface area contributed by atoms with E-state index < -0.39 is 9.84 Å². The van der Waals surface area contributed by atoms with E-state index in [1.807, 2.05) is 0 Å². The van der Waals surface area contributed by atoms with Gasteiger partial charge < -0.3 is 5.32 Å². The van der Waals surface area contributed by atoms with Crippen molar-refractivity contribution in [3.63, 3.8) is 0 Å². The topological polar surface area (TPSA) is 63.2 Å². The van der Waals surface area contributed by atoms with Crippen LogP contribution in [0, 0.1) is 5.92 Å².